The second-order valence-corrected chi connectivity index (χ2v) is 9.69. The average Bonchev–Trinajstić information content (AvgIpc) is 2.87. The molecule has 3 aromatic carbocycles. The van der Waals surface area contributed by atoms with Gasteiger partial charge in [0.05, 0.1) is 17.0 Å². The molecule has 0 radical (unpaired) electrons. The molecule has 1 amide bonds. The van der Waals surface area contributed by atoms with E-state index >= 15 is 0 Å². The molecule has 1 N–H and O–H groups in total. The minimum absolute atomic E-state index is 0.0988. The van der Waals surface area contributed by atoms with Gasteiger partial charge in [-0.05, 0) is 47.9 Å². The van der Waals surface area contributed by atoms with Gasteiger partial charge in [0.15, 0.2) is 5.44 Å². The van der Waals surface area contributed by atoms with E-state index in [1.165, 1.54) is 18.2 Å². The number of rotatable bonds is 5. The highest BCUT2D eigenvalue weighted by molar-refractivity contribution is 7.99. The summed E-state index contributed by atoms with van der Waals surface area (Å²) in [5.74, 6) is 0.472. The zero-order valence-electron chi connectivity index (χ0n) is 18.4. The molecule has 1 aliphatic rings. The number of halogens is 3. The van der Waals surface area contributed by atoms with Crippen molar-refractivity contribution in [2.75, 3.05) is 11.5 Å². The summed E-state index contributed by atoms with van der Waals surface area (Å²) in [5, 5.41) is 1.38. The van der Waals surface area contributed by atoms with Crippen molar-refractivity contribution < 1.29 is 32.3 Å². The van der Waals surface area contributed by atoms with Crippen molar-refractivity contribution in [2.45, 2.75) is 24.5 Å². The molecule has 0 bridgehead atoms. The van der Waals surface area contributed by atoms with Gasteiger partial charge in [0.1, 0.15) is 5.75 Å². The lowest BCUT2D eigenvalue weighted by atomic mass is 10.0. The molecular weight excluding hydrogens is 499 g/mol. The normalized spacial score (nSPS) is 15.4. The number of nitrogens with one attached hydrogen (secondary N) is 1. The zero-order valence-corrected chi connectivity index (χ0v) is 20.1. The molecular formula is C25H22F3NO4S2. The van der Waals surface area contributed by atoms with Gasteiger partial charge in [0.25, 0.3) is 5.91 Å². The predicted octanol–water partition coefficient (Wildman–Crippen LogP) is 6.20. The molecule has 5 nitrogen and oxygen atoms in total. The van der Waals surface area contributed by atoms with Gasteiger partial charge in [-0.15, -0.1) is 12.6 Å². The van der Waals surface area contributed by atoms with Crippen LogP contribution in [-0.4, -0.2) is 23.4 Å². The highest BCUT2D eigenvalue weighted by atomic mass is 32.2. The Labute approximate surface area is 209 Å². The van der Waals surface area contributed by atoms with Crippen molar-refractivity contribution in [3.8, 4) is 5.75 Å². The maximum Gasteiger partial charge on any atom is 0.416 e. The highest BCUT2D eigenvalue weighted by Gasteiger charge is 2.30. The molecule has 0 spiro atoms. The molecule has 1 fully saturated rings. The largest absolute Gasteiger partial charge is 0.474 e. The number of carbonyl (C=O) groups excluding carboxylic acids is 2. The third-order valence-electron chi connectivity index (χ3n) is 5.68. The van der Waals surface area contributed by atoms with Gasteiger partial charge >= 0.3 is 12.1 Å². The third-order valence-corrected chi connectivity index (χ3v) is 7.13. The van der Waals surface area contributed by atoms with Crippen molar-refractivity contribution in [1.29, 1.82) is 0 Å². The third kappa shape index (κ3) is 6.05. The molecule has 184 valence electrons. The van der Waals surface area contributed by atoms with Crippen LogP contribution in [-0.2, 0) is 15.8 Å². The summed E-state index contributed by atoms with van der Waals surface area (Å²) in [6.45, 7) is 0. The Morgan fingerprint density at radius 3 is 2.37 bits per heavy atom. The minimum atomic E-state index is -4.46. The van der Waals surface area contributed by atoms with Gasteiger partial charge in [-0.3, -0.25) is 4.79 Å². The first-order valence-electron chi connectivity index (χ1n) is 10.9. The Hall–Kier alpha value is -2.85. The molecule has 1 atom stereocenters. The number of carbonyl (C=O) groups is 2. The standard InChI is InChI=1S/C25H22F3NO4S2/c26-25(27,28)18-8-5-17(6-9-18)24(34)32-21-19-4-2-1-3-15(19)7-10-20(21)22(30)29-33-23(31)16-11-13-35-14-12-16/h1-10,16,24,34H,11-14H2,(H,29,30). The van der Waals surface area contributed by atoms with E-state index in [1.54, 1.807) is 30.0 Å². The van der Waals surface area contributed by atoms with Crippen LogP contribution in [0.5, 0.6) is 5.75 Å². The highest BCUT2D eigenvalue weighted by Crippen LogP contribution is 2.36. The van der Waals surface area contributed by atoms with Crippen molar-refractivity contribution in [3.63, 3.8) is 0 Å². The van der Waals surface area contributed by atoms with E-state index in [9.17, 15) is 22.8 Å². The smallest absolute Gasteiger partial charge is 0.416 e. The SMILES string of the molecule is O=C(NOC(=O)C1CCSCC1)c1ccc2ccccc2c1OC(S)c1ccc(C(F)(F)F)cc1. The summed E-state index contributed by atoms with van der Waals surface area (Å²) in [6.07, 6.45) is -3.07. The van der Waals surface area contributed by atoms with E-state index in [2.05, 4.69) is 18.1 Å². The molecule has 0 aromatic heterocycles. The predicted molar refractivity (Wildman–Crippen MR) is 131 cm³/mol. The van der Waals surface area contributed by atoms with E-state index in [-0.39, 0.29) is 17.2 Å². The fourth-order valence-corrected chi connectivity index (χ4v) is 5.12. The van der Waals surface area contributed by atoms with Crippen LogP contribution in [0.4, 0.5) is 13.2 Å². The van der Waals surface area contributed by atoms with Crippen LogP contribution < -0.4 is 10.2 Å². The Bertz CT molecular complexity index is 1210. The van der Waals surface area contributed by atoms with Crippen LogP contribution in [0.1, 0.15) is 39.8 Å². The quantitative estimate of drug-likeness (QED) is 0.238. The molecule has 1 heterocycles. The number of thioether (sulfide) groups is 1. The average molecular weight is 522 g/mol. The fraction of sp³-hybridized carbons (Fsp3) is 0.280. The number of benzene rings is 3. The molecule has 1 saturated heterocycles. The number of hydrogen-bond acceptors (Lipinski definition) is 6. The van der Waals surface area contributed by atoms with E-state index in [4.69, 9.17) is 9.57 Å². The van der Waals surface area contributed by atoms with Gasteiger partial charge in [-0.2, -0.15) is 30.4 Å². The monoisotopic (exact) mass is 521 g/mol. The summed E-state index contributed by atoms with van der Waals surface area (Å²) in [4.78, 5) is 30.3. The minimum Gasteiger partial charge on any atom is -0.474 e. The summed E-state index contributed by atoms with van der Waals surface area (Å²) in [7, 11) is 0. The molecule has 10 heteroatoms. The Kier molecular flexibility index (Phi) is 7.81. The van der Waals surface area contributed by atoms with Crippen molar-refractivity contribution >= 4 is 47.0 Å². The second-order valence-electron chi connectivity index (χ2n) is 7.99. The summed E-state index contributed by atoms with van der Waals surface area (Å²) in [5.41, 5.74) is 0.941. The zero-order chi connectivity index (χ0) is 25.0. The Morgan fingerprint density at radius 2 is 1.69 bits per heavy atom. The second kappa shape index (κ2) is 10.8. The van der Waals surface area contributed by atoms with Crippen LogP contribution in [0, 0.1) is 5.92 Å². The topological polar surface area (TPSA) is 64.6 Å². The number of ether oxygens (including phenoxy) is 1. The van der Waals surface area contributed by atoms with E-state index in [1.807, 2.05) is 12.1 Å². The van der Waals surface area contributed by atoms with Crippen molar-refractivity contribution in [1.82, 2.24) is 5.48 Å². The number of fused-ring (bicyclic) bond motifs is 1. The molecule has 3 aromatic rings. The number of thiol groups is 1. The molecule has 0 aliphatic carbocycles. The number of hydroxylamine groups is 1. The van der Waals surface area contributed by atoms with Gasteiger partial charge in [-0.1, -0.05) is 42.5 Å². The van der Waals surface area contributed by atoms with E-state index in [0.717, 1.165) is 29.0 Å². The van der Waals surface area contributed by atoms with E-state index < -0.39 is 29.1 Å². The molecule has 4 rings (SSSR count). The van der Waals surface area contributed by atoms with Crippen molar-refractivity contribution in [3.05, 3.63) is 77.4 Å². The first kappa shape index (κ1) is 25.2. The molecule has 1 aliphatic heterocycles. The molecule has 0 saturated carbocycles. The van der Waals surface area contributed by atoms with Crippen LogP contribution in [0.25, 0.3) is 10.8 Å². The Morgan fingerprint density at radius 1 is 1.00 bits per heavy atom. The maximum absolute atomic E-state index is 12.9. The number of amides is 1. The molecule has 35 heavy (non-hydrogen) atoms. The Balaban J connectivity index is 1.56. The first-order valence-corrected chi connectivity index (χ1v) is 12.5. The lowest BCUT2D eigenvalue weighted by molar-refractivity contribution is -0.154. The van der Waals surface area contributed by atoms with Crippen LogP contribution in [0.3, 0.4) is 0 Å². The lowest BCUT2D eigenvalue weighted by Gasteiger charge is -2.21. The number of alkyl halides is 3. The molecule has 1 unspecified atom stereocenters. The van der Waals surface area contributed by atoms with Crippen LogP contribution in [0.2, 0.25) is 0 Å². The number of hydrogen-bond donors (Lipinski definition) is 2. The van der Waals surface area contributed by atoms with Gasteiger partial charge in [0.2, 0.25) is 0 Å². The fourth-order valence-electron chi connectivity index (χ4n) is 3.73. The maximum atomic E-state index is 12.9. The summed E-state index contributed by atoms with van der Waals surface area (Å²) in [6, 6.07) is 14.9. The van der Waals surface area contributed by atoms with Crippen molar-refractivity contribution in [2.24, 2.45) is 5.92 Å². The van der Waals surface area contributed by atoms with Gasteiger partial charge in [-0.25, -0.2) is 4.79 Å². The first-order chi connectivity index (χ1) is 16.7. The lowest BCUT2D eigenvalue weighted by Crippen LogP contribution is -2.32. The summed E-state index contributed by atoms with van der Waals surface area (Å²) < 4.78 is 44.7. The van der Waals surface area contributed by atoms with E-state index in [0.29, 0.717) is 23.8 Å². The van der Waals surface area contributed by atoms with Crippen LogP contribution in [0.15, 0.2) is 60.7 Å². The van der Waals surface area contributed by atoms with Gasteiger partial charge in [0, 0.05) is 10.9 Å². The van der Waals surface area contributed by atoms with Crippen LogP contribution >= 0.6 is 24.4 Å². The summed E-state index contributed by atoms with van der Waals surface area (Å²) >= 11 is 6.18. The van der Waals surface area contributed by atoms with Gasteiger partial charge < -0.3 is 9.57 Å².